The van der Waals surface area contributed by atoms with Crippen molar-refractivity contribution in [2.24, 2.45) is 0 Å². The summed E-state index contributed by atoms with van der Waals surface area (Å²) >= 11 is 0. The molecule has 2 aromatic carbocycles. The number of rotatable bonds is 4. The summed E-state index contributed by atoms with van der Waals surface area (Å²) in [6.07, 6.45) is -6.45. The predicted molar refractivity (Wildman–Crippen MR) is 98.5 cm³/mol. The van der Waals surface area contributed by atoms with Gasteiger partial charge >= 0.3 is 0 Å². The average Bonchev–Trinajstić information content (AvgIpc) is 2.72. The van der Waals surface area contributed by atoms with E-state index in [1.807, 2.05) is 54.6 Å². The molecule has 0 bridgehead atoms. The minimum Gasteiger partial charge on any atom is -0.394 e. The molecule has 3 rings (SSSR count). The van der Waals surface area contributed by atoms with Gasteiger partial charge in [0.2, 0.25) is 0 Å². The highest BCUT2D eigenvalue weighted by molar-refractivity contribution is 5.64. The van der Waals surface area contributed by atoms with Gasteiger partial charge in [-0.05, 0) is 23.3 Å². The van der Waals surface area contributed by atoms with E-state index < -0.39 is 37.3 Å². The van der Waals surface area contributed by atoms with Crippen LogP contribution in [0.1, 0.15) is 5.56 Å². The van der Waals surface area contributed by atoms with E-state index in [9.17, 15) is 15.3 Å². The number of hydrogen-bond donors (Lipinski definition) is 4. The van der Waals surface area contributed by atoms with Gasteiger partial charge in [-0.2, -0.15) is 0 Å². The summed E-state index contributed by atoms with van der Waals surface area (Å²) in [5.41, 5.74) is 3.04. The summed E-state index contributed by atoms with van der Waals surface area (Å²) in [5, 5.41) is 38.5. The first-order chi connectivity index (χ1) is 13.1. The van der Waals surface area contributed by atoms with Crippen LogP contribution in [0.25, 0.3) is 11.1 Å². The van der Waals surface area contributed by atoms with Crippen LogP contribution in [0.3, 0.4) is 0 Å². The van der Waals surface area contributed by atoms with Crippen LogP contribution in [-0.4, -0.2) is 64.3 Å². The summed E-state index contributed by atoms with van der Waals surface area (Å²) in [6, 6.07) is 17.8. The molecule has 1 saturated heterocycles. The van der Waals surface area contributed by atoms with Crippen LogP contribution in [0.15, 0.2) is 54.6 Å². The molecular weight excluding hydrogens is 348 g/mol. The van der Waals surface area contributed by atoms with Gasteiger partial charge in [-0.25, -0.2) is 0 Å². The standard InChI is InChI=1S/C21H22O6/c22-13-17-18(23)19(24)20(25)21(27-17)26-12-4-5-14-8-10-16(11-9-14)15-6-2-1-3-7-15/h1-3,6-11,17-25H,12-13H2/t17-,18-,19+,20+,21+/m1/s1. The lowest BCUT2D eigenvalue weighted by molar-refractivity contribution is -0.298. The molecule has 0 radical (unpaired) electrons. The zero-order valence-electron chi connectivity index (χ0n) is 14.6. The first-order valence-corrected chi connectivity index (χ1v) is 8.66. The summed E-state index contributed by atoms with van der Waals surface area (Å²) < 4.78 is 10.6. The van der Waals surface area contributed by atoms with Crippen LogP contribution in [0.2, 0.25) is 0 Å². The first-order valence-electron chi connectivity index (χ1n) is 8.66. The minimum atomic E-state index is -1.46. The molecule has 1 aliphatic heterocycles. The highest BCUT2D eigenvalue weighted by Gasteiger charge is 2.43. The fourth-order valence-electron chi connectivity index (χ4n) is 2.84. The molecule has 6 nitrogen and oxygen atoms in total. The van der Waals surface area contributed by atoms with Crippen LogP contribution < -0.4 is 0 Å². The second-order valence-corrected chi connectivity index (χ2v) is 6.25. The Kier molecular flexibility index (Phi) is 6.58. The molecule has 0 aliphatic carbocycles. The lowest BCUT2D eigenvalue weighted by Crippen LogP contribution is -2.59. The fourth-order valence-corrected chi connectivity index (χ4v) is 2.84. The molecule has 0 spiro atoms. The zero-order valence-corrected chi connectivity index (χ0v) is 14.6. The second-order valence-electron chi connectivity index (χ2n) is 6.25. The molecule has 0 aromatic heterocycles. The maximum Gasteiger partial charge on any atom is 0.187 e. The molecule has 27 heavy (non-hydrogen) atoms. The molecule has 0 unspecified atom stereocenters. The van der Waals surface area contributed by atoms with Crippen molar-refractivity contribution in [1.82, 2.24) is 0 Å². The predicted octanol–water partition coefficient (Wildman–Crippen LogP) is 0.522. The highest BCUT2D eigenvalue weighted by atomic mass is 16.7. The van der Waals surface area contributed by atoms with E-state index >= 15 is 0 Å². The monoisotopic (exact) mass is 370 g/mol. The quantitative estimate of drug-likeness (QED) is 0.586. The second kappa shape index (κ2) is 9.11. The van der Waals surface area contributed by atoms with Gasteiger partial charge in [0.15, 0.2) is 6.29 Å². The first kappa shape index (κ1) is 19.5. The zero-order chi connectivity index (χ0) is 19.2. The van der Waals surface area contributed by atoms with Crippen LogP contribution in [0.4, 0.5) is 0 Å². The van der Waals surface area contributed by atoms with Gasteiger partial charge in [0.25, 0.3) is 0 Å². The van der Waals surface area contributed by atoms with E-state index in [-0.39, 0.29) is 6.61 Å². The van der Waals surface area contributed by atoms with Crippen molar-refractivity contribution in [2.45, 2.75) is 30.7 Å². The Bertz CT molecular complexity index is 778. The Balaban J connectivity index is 1.56. The Labute approximate surface area is 157 Å². The van der Waals surface area contributed by atoms with Gasteiger partial charge in [-0.15, -0.1) is 0 Å². The third kappa shape index (κ3) is 4.73. The number of aliphatic hydroxyl groups is 4. The van der Waals surface area contributed by atoms with Crippen molar-refractivity contribution in [3.05, 3.63) is 60.2 Å². The van der Waals surface area contributed by atoms with Crippen molar-refractivity contribution in [2.75, 3.05) is 13.2 Å². The highest BCUT2D eigenvalue weighted by Crippen LogP contribution is 2.22. The molecule has 142 valence electrons. The normalized spacial score (nSPS) is 27.6. The van der Waals surface area contributed by atoms with E-state index in [1.54, 1.807) is 0 Å². The minimum absolute atomic E-state index is 0.0386. The average molecular weight is 370 g/mol. The SMILES string of the molecule is OC[C@H]1O[C@H](OCC#Cc2ccc(-c3ccccc3)cc2)[C@@H](O)[C@@H](O)[C@@H]1O. The number of benzene rings is 2. The van der Waals surface area contributed by atoms with Crippen molar-refractivity contribution in [3.8, 4) is 23.0 Å². The van der Waals surface area contributed by atoms with E-state index in [2.05, 4.69) is 11.8 Å². The van der Waals surface area contributed by atoms with Gasteiger partial charge in [0, 0.05) is 5.56 Å². The molecule has 1 aliphatic rings. The molecule has 4 N–H and O–H groups in total. The molecule has 6 heteroatoms. The van der Waals surface area contributed by atoms with Crippen LogP contribution in [0, 0.1) is 11.8 Å². The van der Waals surface area contributed by atoms with Crippen molar-refractivity contribution >= 4 is 0 Å². The summed E-state index contributed by atoms with van der Waals surface area (Å²) in [6.45, 7) is -0.534. The van der Waals surface area contributed by atoms with Gasteiger partial charge in [-0.1, -0.05) is 54.3 Å². The third-order valence-electron chi connectivity index (χ3n) is 4.39. The Morgan fingerprint density at radius 1 is 0.852 bits per heavy atom. The van der Waals surface area contributed by atoms with Crippen molar-refractivity contribution in [3.63, 3.8) is 0 Å². The van der Waals surface area contributed by atoms with Crippen molar-refractivity contribution < 1.29 is 29.9 Å². The van der Waals surface area contributed by atoms with Crippen LogP contribution in [0.5, 0.6) is 0 Å². The largest absolute Gasteiger partial charge is 0.394 e. The molecule has 1 fully saturated rings. The smallest absolute Gasteiger partial charge is 0.187 e. The van der Waals surface area contributed by atoms with Gasteiger partial charge in [0.1, 0.15) is 31.0 Å². The maximum absolute atomic E-state index is 9.89. The van der Waals surface area contributed by atoms with Crippen molar-refractivity contribution in [1.29, 1.82) is 0 Å². The van der Waals surface area contributed by atoms with E-state index in [1.165, 1.54) is 0 Å². The lowest BCUT2D eigenvalue weighted by atomic mass is 9.99. The summed E-state index contributed by atoms with van der Waals surface area (Å²) in [4.78, 5) is 0. The van der Waals surface area contributed by atoms with E-state index in [4.69, 9.17) is 14.6 Å². The summed E-state index contributed by atoms with van der Waals surface area (Å²) in [7, 11) is 0. The van der Waals surface area contributed by atoms with Gasteiger partial charge in [0.05, 0.1) is 6.61 Å². The Hall–Kier alpha value is -2.24. The van der Waals surface area contributed by atoms with E-state index in [0.717, 1.165) is 16.7 Å². The van der Waals surface area contributed by atoms with E-state index in [0.29, 0.717) is 0 Å². The lowest BCUT2D eigenvalue weighted by Gasteiger charge is -2.39. The number of hydrogen-bond acceptors (Lipinski definition) is 6. The molecule has 0 saturated carbocycles. The number of ether oxygens (including phenoxy) is 2. The molecule has 2 aromatic rings. The van der Waals surface area contributed by atoms with Gasteiger partial charge in [-0.3, -0.25) is 0 Å². The molecular formula is C21H22O6. The maximum atomic E-state index is 9.89. The Morgan fingerprint density at radius 3 is 2.19 bits per heavy atom. The number of aliphatic hydroxyl groups excluding tert-OH is 4. The molecule has 1 heterocycles. The van der Waals surface area contributed by atoms with Crippen LogP contribution >= 0.6 is 0 Å². The molecule has 0 amide bonds. The van der Waals surface area contributed by atoms with Gasteiger partial charge < -0.3 is 29.9 Å². The molecule has 5 atom stereocenters. The van der Waals surface area contributed by atoms with Crippen LogP contribution in [-0.2, 0) is 9.47 Å². The Morgan fingerprint density at radius 2 is 1.52 bits per heavy atom. The fraction of sp³-hybridized carbons (Fsp3) is 0.333. The topological polar surface area (TPSA) is 99.4 Å². The summed E-state index contributed by atoms with van der Waals surface area (Å²) in [5.74, 6) is 5.77. The third-order valence-corrected chi connectivity index (χ3v) is 4.39.